The van der Waals surface area contributed by atoms with Crippen LogP contribution < -0.4 is 9.44 Å². The number of rotatable bonds is 5. The summed E-state index contributed by atoms with van der Waals surface area (Å²) in [5.41, 5.74) is 0.917. The van der Waals surface area contributed by atoms with Crippen LogP contribution in [0.25, 0.3) is 0 Å². The van der Waals surface area contributed by atoms with Crippen molar-refractivity contribution in [2.24, 2.45) is 0 Å². The van der Waals surface area contributed by atoms with E-state index in [0.29, 0.717) is 6.42 Å². The van der Waals surface area contributed by atoms with Crippen LogP contribution in [-0.2, 0) is 23.1 Å². The van der Waals surface area contributed by atoms with Crippen LogP contribution in [0.4, 0.5) is 5.00 Å². The molecule has 104 valence electrons. The van der Waals surface area contributed by atoms with Gasteiger partial charge in [0.05, 0.1) is 5.56 Å². The van der Waals surface area contributed by atoms with Gasteiger partial charge in [0, 0.05) is 10.9 Å². The first-order valence-electron chi connectivity index (χ1n) is 6.14. The fourth-order valence-electron chi connectivity index (χ4n) is 2.27. The summed E-state index contributed by atoms with van der Waals surface area (Å²) in [4.78, 5) is 12.3. The molecule has 1 aromatic heterocycles. The van der Waals surface area contributed by atoms with Crippen molar-refractivity contribution in [3.8, 4) is 0 Å². The number of fused-ring (bicyclic) bond motifs is 1. The van der Waals surface area contributed by atoms with Crippen LogP contribution in [0.15, 0.2) is 0 Å². The second-order valence-corrected chi connectivity index (χ2v) is 7.42. The molecule has 3 N–H and O–H groups in total. The lowest BCUT2D eigenvalue weighted by molar-refractivity contribution is 0.0697. The van der Waals surface area contributed by atoms with Gasteiger partial charge in [-0.05, 0) is 37.7 Å². The highest BCUT2D eigenvalue weighted by Gasteiger charge is 2.31. The predicted molar refractivity (Wildman–Crippen MR) is 72.0 cm³/mol. The number of carbonyl (C=O) groups is 1. The lowest BCUT2D eigenvalue weighted by Crippen LogP contribution is -2.32. The molecular weight excluding hydrogens is 288 g/mol. The molecule has 1 heterocycles. The molecular formula is C11H14N2O4S2. The molecule has 3 rings (SSSR count). The van der Waals surface area contributed by atoms with E-state index in [1.54, 1.807) is 0 Å². The van der Waals surface area contributed by atoms with Gasteiger partial charge in [-0.3, -0.25) is 4.72 Å². The van der Waals surface area contributed by atoms with E-state index in [-0.39, 0.29) is 16.6 Å². The second kappa shape index (κ2) is 4.46. The Bertz CT molecular complexity index is 631. The zero-order chi connectivity index (χ0) is 13.6. The van der Waals surface area contributed by atoms with Crippen molar-refractivity contribution in [2.75, 3.05) is 4.72 Å². The van der Waals surface area contributed by atoms with E-state index in [0.717, 1.165) is 36.1 Å². The van der Waals surface area contributed by atoms with Gasteiger partial charge in [-0.1, -0.05) is 0 Å². The van der Waals surface area contributed by atoms with Gasteiger partial charge in [0.2, 0.25) is 0 Å². The molecule has 0 spiro atoms. The molecule has 1 fully saturated rings. The molecule has 2 aliphatic carbocycles. The third-order valence-corrected chi connectivity index (χ3v) is 5.71. The van der Waals surface area contributed by atoms with E-state index in [9.17, 15) is 18.3 Å². The fourth-order valence-corrected chi connectivity index (χ4v) is 4.98. The summed E-state index contributed by atoms with van der Waals surface area (Å²) in [5.74, 6) is -1.07. The Hall–Kier alpha value is -1.12. The van der Waals surface area contributed by atoms with Gasteiger partial charge in [0.1, 0.15) is 5.00 Å². The van der Waals surface area contributed by atoms with Crippen LogP contribution in [0.3, 0.4) is 0 Å². The first kappa shape index (κ1) is 12.9. The van der Waals surface area contributed by atoms with E-state index in [4.69, 9.17) is 0 Å². The highest BCUT2D eigenvalue weighted by molar-refractivity contribution is 7.91. The Balaban J connectivity index is 1.90. The maximum atomic E-state index is 11.8. The molecule has 1 aromatic rings. The smallest absolute Gasteiger partial charge is 0.339 e. The molecule has 2 aliphatic rings. The van der Waals surface area contributed by atoms with E-state index < -0.39 is 16.2 Å². The van der Waals surface area contributed by atoms with Crippen molar-refractivity contribution in [2.45, 2.75) is 38.1 Å². The van der Waals surface area contributed by atoms with Crippen molar-refractivity contribution < 1.29 is 18.3 Å². The SMILES string of the molecule is O=C(O)c1c(NS(=O)(=O)NC2CC2)sc2c1CCC2. The minimum absolute atomic E-state index is 0.00223. The summed E-state index contributed by atoms with van der Waals surface area (Å²) in [6.45, 7) is 0. The van der Waals surface area contributed by atoms with E-state index in [1.807, 2.05) is 0 Å². The quantitative estimate of drug-likeness (QED) is 0.765. The summed E-state index contributed by atoms with van der Waals surface area (Å²) in [7, 11) is -3.67. The Labute approximate surface area is 115 Å². The highest BCUT2D eigenvalue weighted by Crippen LogP contribution is 2.39. The molecule has 0 bridgehead atoms. The minimum atomic E-state index is -3.67. The van der Waals surface area contributed by atoms with Crippen molar-refractivity contribution in [1.82, 2.24) is 4.72 Å². The van der Waals surface area contributed by atoms with Gasteiger partial charge in [-0.15, -0.1) is 11.3 Å². The van der Waals surface area contributed by atoms with Gasteiger partial charge in [0.15, 0.2) is 0 Å². The second-order valence-electron chi connectivity index (χ2n) is 4.86. The van der Waals surface area contributed by atoms with Crippen molar-refractivity contribution in [3.63, 3.8) is 0 Å². The number of nitrogens with one attached hydrogen (secondary N) is 2. The van der Waals surface area contributed by atoms with Crippen LogP contribution in [0.1, 0.15) is 40.1 Å². The topological polar surface area (TPSA) is 95.5 Å². The summed E-state index contributed by atoms with van der Waals surface area (Å²) in [6, 6.07) is -0.00223. The fraction of sp³-hybridized carbons (Fsp3) is 0.545. The lowest BCUT2D eigenvalue weighted by Gasteiger charge is -2.08. The van der Waals surface area contributed by atoms with Gasteiger partial charge < -0.3 is 5.11 Å². The molecule has 0 saturated heterocycles. The van der Waals surface area contributed by atoms with E-state index in [2.05, 4.69) is 9.44 Å². The number of aromatic carboxylic acids is 1. The number of aryl methyl sites for hydroxylation is 1. The normalized spacial score (nSPS) is 18.3. The molecule has 0 unspecified atom stereocenters. The summed E-state index contributed by atoms with van der Waals surface area (Å²) in [6.07, 6.45) is 4.17. The molecule has 8 heteroatoms. The minimum Gasteiger partial charge on any atom is -0.478 e. The standard InChI is InChI=1S/C11H14N2O4S2/c14-11(15)9-7-2-1-3-8(7)18-10(9)13-19(16,17)12-6-4-5-6/h6,12-13H,1-5H2,(H,14,15). The van der Waals surface area contributed by atoms with Crippen LogP contribution in [0.2, 0.25) is 0 Å². The van der Waals surface area contributed by atoms with E-state index >= 15 is 0 Å². The average Bonchev–Trinajstić information content (AvgIpc) is 2.84. The third kappa shape index (κ3) is 2.60. The summed E-state index contributed by atoms with van der Waals surface area (Å²) in [5, 5.41) is 9.49. The number of carboxylic acid groups (broad SMARTS) is 1. The van der Waals surface area contributed by atoms with Crippen LogP contribution in [-0.4, -0.2) is 25.5 Å². The summed E-state index contributed by atoms with van der Waals surface area (Å²) < 4.78 is 28.5. The number of hydrogen-bond donors (Lipinski definition) is 3. The Morgan fingerprint density at radius 3 is 2.68 bits per heavy atom. The molecule has 0 aliphatic heterocycles. The van der Waals surface area contributed by atoms with E-state index in [1.165, 1.54) is 11.3 Å². The maximum absolute atomic E-state index is 11.8. The first-order chi connectivity index (χ1) is 8.96. The van der Waals surface area contributed by atoms with Crippen molar-refractivity contribution in [3.05, 3.63) is 16.0 Å². The Morgan fingerprint density at radius 1 is 1.32 bits per heavy atom. The van der Waals surface area contributed by atoms with Crippen LogP contribution >= 0.6 is 11.3 Å². The number of anilines is 1. The van der Waals surface area contributed by atoms with Crippen molar-refractivity contribution in [1.29, 1.82) is 0 Å². The lowest BCUT2D eigenvalue weighted by atomic mass is 10.1. The number of thiophene rings is 1. The third-order valence-electron chi connectivity index (χ3n) is 3.26. The average molecular weight is 302 g/mol. The molecule has 0 aromatic carbocycles. The van der Waals surface area contributed by atoms with Crippen LogP contribution in [0, 0.1) is 0 Å². The number of carboxylic acids is 1. The van der Waals surface area contributed by atoms with Crippen molar-refractivity contribution >= 4 is 32.5 Å². The first-order valence-corrected chi connectivity index (χ1v) is 8.44. The number of hydrogen-bond acceptors (Lipinski definition) is 4. The monoisotopic (exact) mass is 302 g/mol. The molecule has 1 saturated carbocycles. The van der Waals surface area contributed by atoms with Gasteiger partial charge in [-0.2, -0.15) is 13.1 Å². The zero-order valence-electron chi connectivity index (χ0n) is 10.1. The molecule has 0 atom stereocenters. The molecule has 19 heavy (non-hydrogen) atoms. The zero-order valence-corrected chi connectivity index (χ0v) is 11.7. The molecule has 0 radical (unpaired) electrons. The van der Waals surface area contributed by atoms with Gasteiger partial charge in [-0.25, -0.2) is 4.79 Å². The van der Waals surface area contributed by atoms with Gasteiger partial charge >= 0.3 is 5.97 Å². The van der Waals surface area contributed by atoms with Gasteiger partial charge in [0.25, 0.3) is 10.2 Å². The maximum Gasteiger partial charge on any atom is 0.339 e. The molecule has 6 nitrogen and oxygen atoms in total. The predicted octanol–water partition coefficient (Wildman–Crippen LogP) is 1.34. The summed E-state index contributed by atoms with van der Waals surface area (Å²) >= 11 is 1.24. The highest BCUT2D eigenvalue weighted by atomic mass is 32.2. The van der Waals surface area contributed by atoms with Crippen LogP contribution in [0.5, 0.6) is 0 Å². The Morgan fingerprint density at radius 2 is 2.05 bits per heavy atom. The Kier molecular flexibility index (Phi) is 3.03. The largest absolute Gasteiger partial charge is 0.478 e. The molecule has 0 amide bonds.